The van der Waals surface area contributed by atoms with Crippen molar-refractivity contribution in [1.82, 2.24) is 4.98 Å². The Labute approximate surface area is 121 Å². The molecule has 2 atom stereocenters. The third-order valence-corrected chi connectivity index (χ3v) is 3.48. The summed E-state index contributed by atoms with van der Waals surface area (Å²) < 4.78 is 7.05. The Bertz CT molecular complexity index is 501. The molecular weight excluding hydrogens is 304 g/mol. The molecule has 0 aliphatic rings. The molecule has 0 fully saturated rings. The Morgan fingerprint density at radius 2 is 2.00 bits per heavy atom. The molecule has 0 radical (unpaired) electrons. The monoisotopic (exact) mass is 320 g/mol. The second-order valence-corrected chi connectivity index (χ2v) is 5.27. The molecule has 2 unspecified atom stereocenters. The molecule has 0 saturated carbocycles. The van der Waals surface area contributed by atoms with Crippen LogP contribution in [0.4, 0.5) is 0 Å². The molecule has 1 aromatic heterocycles. The maximum Gasteiger partial charge on any atom is 0.140 e. The van der Waals surface area contributed by atoms with Crippen LogP contribution in [0.5, 0.6) is 5.75 Å². The summed E-state index contributed by atoms with van der Waals surface area (Å²) in [7, 11) is 0. The molecule has 0 saturated heterocycles. The van der Waals surface area contributed by atoms with Gasteiger partial charge in [-0.05, 0) is 36.8 Å². The number of rotatable bonds is 5. The lowest BCUT2D eigenvalue weighted by Gasteiger charge is -2.24. The van der Waals surface area contributed by atoms with Gasteiger partial charge in [0.1, 0.15) is 11.9 Å². The third kappa shape index (κ3) is 3.78. The number of hydrogen-bond donors (Lipinski definition) is 1. The SMILES string of the molecule is CCC(N)C(Oc1ccc(Br)cc1)c1cccnc1. The number of nitrogens with zero attached hydrogens (tertiary/aromatic N) is 1. The summed E-state index contributed by atoms with van der Waals surface area (Å²) >= 11 is 3.41. The summed E-state index contributed by atoms with van der Waals surface area (Å²) in [6.45, 7) is 2.05. The summed E-state index contributed by atoms with van der Waals surface area (Å²) in [6.07, 6.45) is 4.21. The fraction of sp³-hybridized carbons (Fsp3) is 0.267. The van der Waals surface area contributed by atoms with E-state index in [-0.39, 0.29) is 12.1 Å². The number of ether oxygens (including phenoxy) is 1. The van der Waals surface area contributed by atoms with Crippen molar-refractivity contribution in [2.45, 2.75) is 25.5 Å². The van der Waals surface area contributed by atoms with E-state index in [2.05, 4.69) is 27.8 Å². The molecule has 3 nitrogen and oxygen atoms in total. The molecule has 0 bridgehead atoms. The molecule has 19 heavy (non-hydrogen) atoms. The summed E-state index contributed by atoms with van der Waals surface area (Å²) in [5, 5.41) is 0. The van der Waals surface area contributed by atoms with Gasteiger partial charge in [-0.2, -0.15) is 0 Å². The highest BCUT2D eigenvalue weighted by molar-refractivity contribution is 9.10. The highest BCUT2D eigenvalue weighted by Gasteiger charge is 2.20. The molecule has 4 heteroatoms. The number of halogens is 1. The first-order valence-electron chi connectivity index (χ1n) is 6.28. The van der Waals surface area contributed by atoms with Crippen molar-refractivity contribution in [2.24, 2.45) is 5.73 Å². The maximum atomic E-state index is 6.16. The fourth-order valence-electron chi connectivity index (χ4n) is 1.82. The topological polar surface area (TPSA) is 48.1 Å². The Morgan fingerprint density at radius 1 is 1.26 bits per heavy atom. The molecule has 0 aliphatic carbocycles. The number of benzene rings is 1. The molecule has 0 amide bonds. The van der Waals surface area contributed by atoms with Crippen molar-refractivity contribution < 1.29 is 4.74 Å². The standard InChI is InChI=1S/C15H17BrN2O/c1-2-14(17)15(11-4-3-9-18-10-11)19-13-7-5-12(16)6-8-13/h3-10,14-15H,2,17H2,1H3. The largest absolute Gasteiger partial charge is 0.484 e. The van der Waals surface area contributed by atoms with Crippen LogP contribution in [-0.4, -0.2) is 11.0 Å². The molecule has 100 valence electrons. The van der Waals surface area contributed by atoms with E-state index in [0.717, 1.165) is 22.2 Å². The molecule has 1 heterocycles. The van der Waals surface area contributed by atoms with Crippen molar-refractivity contribution in [1.29, 1.82) is 0 Å². The van der Waals surface area contributed by atoms with Crippen LogP contribution in [0.1, 0.15) is 25.0 Å². The van der Waals surface area contributed by atoms with Gasteiger partial charge in [-0.15, -0.1) is 0 Å². The molecule has 0 spiro atoms. The second kappa shape index (κ2) is 6.68. The van der Waals surface area contributed by atoms with E-state index in [1.165, 1.54) is 0 Å². The van der Waals surface area contributed by atoms with Crippen LogP contribution in [0.25, 0.3) is 0 Å². The number of aromatic nitrogens is 1. The van der Waals surface area contributed by atoms with Gasteiger partial charge in [0.15, 0.2) is 0 Å². The zero-order chi connectivity index (χ0) is 13.7. The van der Waals surface area contributed by atoms with E-state index in [4.69, 9.17) is 10.5 Å². The van der Waals surface area contributed by atoms with Gasteiger partial charge in [0.25, 0.3) is 0 Å². The molecule has 2 N–H and O–H groups in total. The van der Waals surface area contributed by atoms with Crippen molar-refractivity contribution in [2.75, 3.05) is 0 Å². The van der Waals surface area contributed by atoms with Crippen LogP contribution in [0.15, 0.2) is 53.3 Å². The van der Waals surface area contributed by atoms with E-state index in [9.17, 15) is 0 Å². The normalized spacial score (nSPS) is 13.8. The maximum absolute atomic E-state index is 6.16. The highest BCUT2D eigenvalue weighted by Crippen LogP contribution is 2.26. The molecular formula is C15H17BrN2O. The van der Waals surface area contributed by atoms with Crippen LogP contribution in [0, 0.1) is 0 Å². The number of pyridine rings is 1. The van der Waals surface area contributed by atoms with Crippen molar-refractivity contribution in [3.8, 4) is 5.75 Å². The number of nitrogens with two attached hydrogens (primary N) is 1. The highest BCUT2D eigenvalue weighted by atomic mass is 79.9. The van der Waals surface area contributed by atoms with Crippen molar-refractivity contribution >= 4 is 15.9 Å². The van der Waals surface area contributed by atoms with E-state index < -0.39 is 0 Å². The van der Waals surface area contributed by atoms with E-state index >= 15 is 0 Å². The third-order valence-electron chi connectivity index (χ3n) is 2.95. The smallest absolute Gasteiger partial charge is 0.140 e. The van der Waals surface area contributed by atoms with Gasteiger partial charge < -0.3 is 10.5 Å². The average molecular weight is 321 g/mol. The minimum absolute atomic E-state index is 0.0622. The van der Waals surface area contributed by atoms with Gasteiger partial charge >= 0.3 is 0 Å². The second-order valence-electron chi connectivity index (χ2n) is 4.35. The lowest BCUT2D eigenvalue weighted by atomic mass is 10.0. The quantitative estimate of drug-likeness (QED) is 0.913. The van der Waals surface area contributed by atoms with Gasteiger partial charge in [0.2, 0.25) is 0 Å². The zero-order valence-electron chi connectivity index (χ0n) is 10.8. The van der Waals surface area contributed by atoms with E-state index in [1.807, 2.05) is 36.4 Å². The lowest BCUT2D eigenvalue weighted by molar-refractivity contribution is 0.170. The van der Waals surface area contributed by atoms with E-state index in [0.29, 0.717) is 0 Å². The predicted molar refractivity (Wildman–Crippen MR) is 80.0 cm³/mol. The van der Waals surface area contributed by atoms with Crippen LogP contribution in [-0.2, 0) is 0 Å². The molecule has 2 aromatic rings. The fourth-order valence-corrected chi connectivity index (χ4v) is 2.09. The average Bonchev–Trinajstić information content (AvgIpc) is 2.47. The van der Waals surface area contributed by atoms with Gasteiger partial charge in [0, 0.05) is 28.5 Å². The van der Waals surface area contributed by atoms with Crippen molar-refractivity contribution in [3.05, 3.63) is 58.8 Å². The Hall–Kier alpha value is -1.39. The minimum Gasteiger partial charge on any atom is -0.484 e. The minimum atomic E-state index is -0.181. The van der Waals surface area contributed by atoms with Gasteiger partial charge in [-0.25, -0.2) is 0 Å². The van der Waals surface area contributed by atoms with E-state index in [1.54, 1.807) is 12.4 Å². The van der Waals surface area contributed by atoms with Crippen LogP contribution < -0.4 is 10.5 Å². The first kappa shape index (κ1) is 14.0. The van der Waals surface area contributed by atoms with Gasteiger partial charge in [-0.1, -0.05) is 28.9 Å². The first-order valence-corrected chi connectivity index (χ1v) is 7.07. The summed E-state index contributed by atoms with van der Waals surface area (Å²) in [4.78, 5) is 4.13. The van der Waals surface area contributed by atoms with Crippen LogP contribution in [0.2, 0.25) is 0 Å². The summed E-state index contributed by atoms with van der Waals surface area (Å²) in [5.74, 6) is 0.806. The Morgan fingerprint density at radius 3 is 2.58 bits per heavy atom. The first-order chi connectivity index (χ1) is 9.20. The summed E-state index contributed by atoms with van der Waals surface area (Å²) in [5.41, 5.74) is 7.16. The number of hydrogen-bond acceptors (Lipinski definition) is 3. The summed E-state index contributed by atoms with van der Waals surface area (Å²) in [6, 6.07) is 11.6. The molecule has 0 aliphatic heterocycles. The lowest BCUT2D eigenvalue weighted by Crippen LogP contribution is -2.31. The Kier molecular flexibility index (Phi) is 4.93. The predicted octanol–water partition coefficient (Wildman–Crippen LogP) is 3.70. The molecule has 2 rings (SSSR count). The van der Waals surface area contributed by atoms with Crippen LogP contribution in [0.3, 0.4) is 0 Å². The van der Waals surface area contributed by atoms with Crippen molar-refractivity contribution in [3.63, 3.8) is 0 Å². The molecule has 1 aromatic carbocycles. The van der Waals surface area contributed by atoms with Crippen LogP contribution >= 0.6 is 15.9 Å². The van der Waals surface area contributed by atoms with Gasteiger partial charge in [0.05, 0.1) is 0 Å². The van der Waals surface area contributed by atoms with Gasteiger partial charge in [-0.3, -0.25) is 4.98 Å². The zero-order valence-corrected chi connectivity index (χ0v) is 12.4. The Balaban J connectivity index is 2.21.